The lowest BCUT2D eigenvalue weighted by Crippen LogP contribution is -2.10. The molecule has 2 nitrogen and oxygen atoms in total. The molecule has 0 saturated carbocycles. The third-order valence-corrected chi connectivity index (χ3v) is 10.6. The Bertz CT molecular complexity index is 2900. The molecule has 0 aliphatic rings. The Morgan fingerprint density at radius 3 is 1.65 bits per heavy atom. The number of nitrogens with zero attached hydrogens (tertiary/aromatic N) is 2. The number of benzene rings is 9. The van der Waals surface area contributed by atoms with Gasteiger partial charge in [-0.25, -0.2) is 0 Å². The van der Waals surface area contributed by atoms with Gasteiger partial charge in [0.25, 0.3) is 0 Å². The maximum Gasteiger partial charge on any atom is 0.0542 e. The van der Waals surface area contributed by atoms with Crippen LogP contribution in [0.5, 0.6) is 0 Å². The molecule has 1 heterocycles. The van der Waals surface area contributed by atoms with Gasteiger partial charge in [0.2, 0.25) is 0 Å². The van der Waals surface area contributed by atoms with E-state index in [1.807, 2.05) is 0 Å². The summed E-state index contributed by atoms with van der Waals surface area (Å²) >= 11 is 0. The molecule has 0 saturated heterocycles. The molecule has 0 radical (unpaired) electrons. The molecule has 9 aromatic carbocycles. The lowest BCUT2D eigenvalue weighted by molar-refractivity contribution is 1.18. The minimum atomic E-state index is 1.10. The fraction of sp³-hybridized carbons (Fsp3) is 0. The number of hydrogen-bond donors (Lipinski definition) is 0. The number of hydrogen-bond acceptors (Lipinski definition) is 1. The smallest absolute Gasteiger partial charge is 0.0542 e. The number of anilines is 3. The third-order valence-electron chi connectivity index (χ3n) is 10.6. The van der Waals surface area contributed by atoms with E-state index in [-0.39, 0.29) is 0 Å². The molecule has 1 aromatic heterocycles. The highest BCUT2D eigenvalue weighted by Crippen LogP contribution is 2.43. The summed E-state index contributed by atoms with van der Waals surface area (Å²) in [5.41, 5.74) is 14.1. The summed E-state index contributed by atoms with van der Waals surface area (Å²) in [7, 11) is 0. The highest BCUT2D eigenvalue weighted by atomic mass is 15.1. The Balaban J connectivity index is 1.12. The van der Waals surface area contributed by atoms with Gasteiger partial charge < -0.3 is 9.47 Å². The monoisotopic (exact) mass is 688 g/mol. The van der Waals surface area contributed by atoms with Gasteiger partial charge in [0.1, 0.15) is 0 Å². The molecule has 2 heteroatoms. The first-order valence-corrected chi connectivity index (χ1v) is 18.5. The predicted molar refractivity (Wildman–Crippen MR) is 229 cm³/mol. The second-order valence-electron chi connectivity index (χ2n) is 13.8. The van der Waals surface area contributed by atoms with Crippen molar-refractivity contribution in [3.05, 3.63) is 218 Å². The third kappa shape index (κ3) is 5.53. The number of aromatic nitrogens is 1. The van der Waals surface area contributed by atoms with Crippen molar-refractivity contribution in [2.24, 2.45) is 0 Å². The van der Waals surface area contributed by atoms with Gasteiger partial charge in [-0.15, -0.1) is 0 Å². The summed E-state index contributed by atoms with van der Waals surface area (Å²) < 4.78 is 2.37. The summed E-state index contributed by atoms with van der Waals surface area (Å²) in [5.74, 6) is 0. The van der Waals surface area contributed by atoms with Gasteiger partial charge in [-0.3, -0.25) is 0 Å². The molecule has 10 aromatic rings. The topological polar surface area (TPSA) is 8.17 Å². The lowest BCUT2D eigenvalue weighted by Gasteiger charge is -2.27. The summed E-state index contributed by atoms with van der Waals surface area (Å²) in [5, 5.41) is 4.88. The summed E-state index contributed by atoms with van der Waals surface area (Å²) in [6.07, 6.45) is 0. The maximum atomic E-state index is 2.41. The highest BCUT2D eigenvalue weighted by molar-refractivity contribution is 6.11. The number of fused-ring (bicyclic) bond motifs is 4. The fourth-order valence-electron chi connectivity index (χ4n) is 8.04. The molecular weight excluding hydrogens is 653 g/mol. The Hall–Kier alpha value is -7.16. The van der Waals surface area contributed by atoms with Crippen molar-refractivity contribution < 1.29 is 0 Å². The average molecular weight is 689 g/mol. The van der Waals surface area contributed by atoms with Crippen LogP contribution in [0.25, 0.3) is 71.6 Å². The Morgan fingerprint density at radius 1 is 0.315 bits per heavy atom. The molecule has 0 aliphatic heterocycles. The summed E-state index contributed by atoms with van der Waals surface area (Å²) in [4.78, 5) is 2.41. The van der Waals surface area contributed by atoms with Gasteiger partial charge in [0, 0.05) is 33.2 Å². The second-order valence-corrected chi connectivity index (χ2v) is 13.8. The molecule has 10 rings (SSSR count). The van der Waals surface area contributed by atoms with Crippen LogP contribution in [0.3, 0.4) is 0 Å². The van der Waals surface area contributed by atoms with E-state index in [4.69, 9.17) is 0 Å². The van der Waals surface area contributed by atoms with Gasteiger partial charge in [-0.1, -0.05) is 158 Å². The van der Waals surface area contributed by atoms with E-state index in [1.165, 1.54) is 66.0 Å². The molecule has 0 aliphatic carbocycles. The molecule has 0 unspecified atom stereocenters. The first-order chi connectivity index (χ1) is 26.8. The van der Waals surface area contributed by atoms with Gasteiger partial charge >= 0.3 is 0 Å². The molecule has 0 bridgehead atoms. The quantitative estimate of drug-likeness (QED) is 0.162. The first-order valence-electron chi connectivity index (χ1n) is 18.5. The predicted octanol–water partition coefficient (Wildman–Crippen LogP) is 14.4. The van der Waals surface area contributed by atoms with Crippen molar-refractivity contribution in [3.8, 4) is 39.1 Å². The molecule has 0 N–H and O–H groups in total. The van der Waals surface area contributed by atoms with Crippen molar-refractivity contribution in [1.82, 2.24) is 4.57 Å². The van der Waals surface area contributed by atoms with Crippen LogP contribution >= 0.6 is 0 Å². The van der Waals surface area contributed by atoms with Crippen LogP contribution in [-0.2, 0) is 0 Å². The molecule has 54 heavy (non-hydrogen) atoms. The van der Waals surface area contributed by atoms with Gasteiger partial charge in [0.05, 0.1) is 16.7 Å². The summed E-state index contributed by atoms with van der Waals surface area (Å²) in [6.45, 7) is 0. The zero-order valence-corrected chi connectivity index (χ0v) is 29.7. The van der Waals surface area contributed by atoms with E-state index < -0.39 is 0 Å². The van der Waals surface area contributed by atoms with E-state index in [2.05, 4.69) is 228 Å². The zero-order chi connectivity index (χ0) is 35.8. The van der Waals surface area contributed by atoms with Gasteiger partial charge in [-0.2, -0.15) is 0 Å². The largest absolute Gasteiger partial charge is 0.310 e. The molecule has 0 fully saturated rings. The molecular formula is C52H36N2. The van der Waals surface area contributed by atoms with E-state index in [0.29, 0.717) is 0 Å². The van der Waals surface area contributed by atoms with Crippen molar-refractivity contribution in [2.45, 2.75) is 0 Å². The average Bonchev–Trinajstić information content (AvgIpc) is 3.58. The Kier molecular flexibility index (Phi) is 7.85. The fourth-order valence-corrected chi connectivity index (χ4v) is 8.04. The van der Waals surface area contributed by atoms with E-state index in [1.54, 1.807) is 0 Å². The van der Waals surface area contributed by atoms with Crippen molar-refractivity contribution >= 4 is 49.6 Å². The highest BCUT2D eigenvalue weighted by Gasteiger charge is 2.19. The van der Waals surface area contributed by atoms with Crippen LogP contribution in [0.1, 0.15) is 0 Å². The standard InChI is InChI=1S/C52H36N2/c1-4-15-38(16-5-1)45-33-29-41(35-48(45)40-17-6-2-7-18-40)37-27-30-43(31-28-37)53(50-26-14-20-39-19-10-11-23-46(39)50)44-32-34-52-49(36-44)47-24-12-13-25-51(47)54(52)42-21-8-3-9-22-42/h1-36H. The summed E-state index contributed by atoms with van der Waals surface area (Å²) in [6, 6.07) is 78.9. The van der Waals surface area contributed by atoms with E-state index in [0.717, 1.165) is 22.7 Å². The first kappa shape index (κ1) is 31.6. The van der Waals surface area contributed by atoms with Crippen LogP contribution < -0.4 is 4.90 Å². The van der Waals surface area contributed by atoms with Crippen molar-refractivity contribution in [2.75, 3.05) is 4.90 Å². The Morgan fingerprint density at radius 2 is 0.889 bits per heavy atom. The molecule has 0 atom stereocenters. The lowest BCUT2D eigenvalue weighted by atomic mass is 9.91. The second kappa shape index (κ2) is 13.4. The van der Waals surface area contributed by atoms with Crippen LogP contribution in [0.15, 0.2) is 218 Å². The van der Waals surface area contributed by atoms with Gasteiger partial charge in [0.15, 0.2) is 0 Å². The number of rotatable bonds is 7. The molecule has 254 valence electrons. The Labute approximate surface area is 315 Å². The van der Waals surface area contributed by atoms with Crippen LogP contribution in [0, 0.1) is 0 Å². The van der Waals surface area contributed by atoms with Crippen LogP contribution in [0.4, 0.5) is 17.1 Å². The van der Waals surface area contributed by atoms with Crippen molar-refractivity contribution in [1.29, 1.82) is 0 Å². The number of para-hydroxylation sites is 2. The van der Waals surface area contributed by atoms with Crippen LogP contribution in [0.2, 0.25) is 0 Å². The zero-order valence-electron chi connectivity index (χ0n) is 29.7. The molecule has 0 amide bonds. The minimum absolute atomic E-state index is 1.10. The minimum Gasteiger partial charge on any atom is -0.310 e. The molecule has 0 spiro atoms. The van der Waals surface area contributed by atoms with E-state index in [9.17, 15) is 0 Å². The van der Waals surface area contributed by atoms with Gasteiger partial charge in [-0.05, 0) is 99.4 Å². The van der Waals surface area contributed by atoms with Crippen LogP contribution in [-0.4, -0.2) is 4.57 Å². The van der Waals surface area contributed by atoms with E-state index >= 15 is 0 Å². The SMILES string of the molecule is c1ccc(-c2ccc(-c3ccc(N(c4ccc5c(c4)c4ccccc4n5-c4ccccc4)c4cccc5ccccc45)cc3)cc2-c2ccccc2)cc1. The maximum absolute atomic E-state index is 2.41. The van der Waals surface area contributed by atoms with Crippen molar-refractivity contribution in [3.63, 3.8) is 0 Å². The normalized spacial score (nSPS) is 11.3.